The Balaban J connectivity index is 1.61. The fraction of sp³-hybridized carbons (Fsp3) is 0.389. The van der Waals surface area contributed by atoms with Crippen LogP contribution in [-0.2, 0) is 0 Å². The van der Waals surface area contributed by atoms with Gasteiger partial charge in [-0.3, -0.25) is 4.79 Å². The van der Waals surface area contributed by atoms with Crippen LogP contribution in [-0.4, -0.2) is 30.6 Å². The van der Waals surface area contributed by atoms with E-state index < -0.39 is 0 Å². The van der Waals surface area contributed by atoms with Gasteiger partial charge in [0.2, 0.25) is 0 Å². The van der Waals surface area contributed by atoms with Crippen molar-refractivity contribution in [3.63, 3.8) is 0 Å². The minimum absolute atomic E-state index is 0.0216. The average Bonchev–Trinajstić information content (AvgIpc) is 3.22. The zero-order valence-corrected chi connectivity index (χ0v) is 12.9. The summed E-state index contributed by atoms with van der Waals surface area (Å²) in [6.07, 6.45) is 5.89. The zero-order valence-electron chi connectivity index (χ0n) is 12.9. The molecule has 2 aromatic rings. The highest BCUT2D eigenvalue weighted by molar-refractivity contribution is 5.94. The predicted octanol–water partition coefficient (Wildman–Crippen LogP) is 3.42. The van der Waals surface area contributed by atoms with Gasteiger partial charge >= 0.3 is 0 Å². The summed E-state index contributed by atoms with van der Waals surface area (Å²) in [4.78, 5) is 14.6. The number of benzene rings is 1. The van der Waals surface area contributed by atoms with Crippen LogP contribution in [0, 0.1) is 0 Å². The van der Waals surface area contributed by atoms with Crippen LogP contribution in [0.25, 0.3) is 0 Å². The number of carbonyl (C=O) groups is 1. The summed E-state index contributed by atoms with van der Waals surface area (Å²) >= 11 is 0. The highest BCUT2D eigenvalue weighted by Crippen LogP contribution is 2.38. The van der Waals surface area contributed by atoms with Crippen molar-refractivity contribution in [2.75, 3.05) is 19.8 Å². The fourth-order valence-corrected chi connectivity index (χ4v) is 3.30. The van der Waals surface area contributed by atoms with Crippen molar-refractivity contribution >= 4 is 5.91 Å². The number of hydrogen-bond donors (Lipinski definition) is 0. The number of rotatable bonds is 2. The molecule has 2 aliphatic heterocycles. The second-order valence-electron chi connectivity index (χ2n) is 5.93. The van der Waals surface area contributed by atoms with Crippen LogP contribution in [0.1, 0.15) is 41.2 Å². The van der Waals surface area contributed by atoms with E-state index in [1.807, 2.05) is 23.1 Å². The van der Waals surface area contributed by atoms with E-state index in [9.17, 15) is 4.79 Å². The fourth-order valence-electron chi connectivity index (χ4n) is 3.30. The van der Waals surface area contributed by atoms with Gasteiger partial charge in [-0.05, 0) is 36.6 Å². The maximum absolute atomic E-state index is 12.6. The van der Waals surface area contributed by atoms with Gasteiger partial charge < -0.3 is 18.8 Å². The van der Waals surface area contributed by atoms with Gasteiger partial charge in [0.05, 0.1) is 31.1 Å². The van der Waals surface area contributed by atoms with Crippen molar-refractivity contribution in [2.24, 2.45) is 0 Å². The summed E-state index contributed by atoms with van der Waals surface area (Å²) in [5.41, 5.74) is 1.70. The number of amides is 1. The third-order valence-electron chi connectivity index (χ3n) is 4.44. The number of hydrogen-bond acceptors (Lipinski definition) is 4. The second-order valence-corrected chi connectivity index (χ2v) is 5.93. The Kier molecular flexibility index (Phi) is 3.69. The predicted molar refractivity (Wildman–Crippen MR) is 83.8 cm³/mol. The minimum Gasteiger partial charge on any atom is -0.490 e. The summed E-state index contributed by atoms with van der Waals surface area (Å²) < 4.78 is 16.5. The lowest BCUT2D eigenvalue weighted by atomic mass is 10.0. The smallest absolute Gasteiger partial charge is 0.257 e. The van der Waals surface area contributed by atoms with Crippen molar-refractivity contribution in [1.82, 2.24) is 4.90 Å². The molecule has 0 saturated carbocycles. The Labute approximate surface area is 134 Å². The van der Waals surface area contributed by atoms with Crippen molar-refractivity contribution in [3.8, 4) is 11.5 Å². The van der Waals surface area contributed by atoms with Crippen LogP contribution in [0.3, 0.4) is 0 Å². The first kappa shape index (κ1) is 14.2. The SMILES string of the molecule is O=C(c1ccoc1)N1CCC[C@H]1c1ccc2c(c1)OCCCO2. The van der Waals surface area contributed by atoms with Crippen LogP contribution in [0.2, 0.25) is 0 Å². The van der Waals surface area contributed by atoms with Gasteiger partial charge in [0.25, 0.3) is 5.91 Å². The molecule has 120 valence electrons. The quantitative estimate of drug-likeness (QED) is 0.852. The Morgan fingerprint density at radius 2 is 1.96 bits per heavy atom. The molecule has 2 aliphatic rings. The Morgan fingerprint density at radius 1 is 1.09 bits per heavy atom. The third-order valence-corrected chi connectivity index (χ3v) is 4.44. The molecular weight excluding hydrogens is 294 g/mol. The number of fused-ring (bicyclic) bond motifs is 1. The second kappa shape index (κ2) is 5.99. The minimum atomic E-state index is 0.0216. The molecule has 23 heavy (non-hydrogen) atoms. The van der Waals surface area contributed by atoms with Gasteiger partial charge in [0.15, 0.2) is 11.5 Å². The number of ether oxygens (including phenoxy) is 2. The van der Waals surface area contributed by atoms with Crippen LogP contribution >= 0.6 is 0 Å². The molecule has 0 bridgehead atoms. The van der Waals surface area contributed by atoms with E-state index in [1.54, 1.807) is 6.07 Å². The molecule has 1 aromatic carbocycles. The van der Waals surface area contributed by atoms with Crippen molar-refractivity contribution < 1.29 is 18.7 Å². The number of carbonyl (C=O) groups excluding carboxylic acids is 1. The molecule has 5 heteroatoms. The first-order valence-electron chi connectivity index (χ1n) is 8.05. The van der Waals surface area contributed by atoms with Crippen molar-refractivity contribution in [3.05, 3.63) is 47.9 Å². The molecular formula is C18H19NO4. The first-order valence-corrected chi connectivity index (χ1v) is 8.05. The van der Waals surface area contributed by atoms with Crippen LogP contribution in [0.5, 0.6) is 11.5 Å². The Bertz CT molecular complexity index is 695. The van der Waals surface area contributed by atoms with E-state index in [-0.39, 0.29) is 11.9 Å². The number of furan rings is 1. The lowest BCUT2D eigenvalue weighted by Crippen LogP contribution is -2.30. The summed E-state index contributed by atoms with van der Waals surface area (Å²) in [5, 5.41) is 0. The Morgan fingerprint density at radius 3 is 2.78 bits per heavy atom. The Hall–Kier alpha value is -2.43. The molecule has 0 N–H and O–H groups in total. The average molecular weight is 313 g/mol. The first-order chi connectivity index (χ1) is 11.3. The van der Waals surface area contributed by atoms with Crippen LogP contribution in [0.4, 0.5) is 0 Å². The molecule has 1 fully saturated rings. The summed E-state index contributed by atoms with van der Waals surface area (Å²) in [6, 6.07) is 7.81. The number of likely N-dealkylation sites (tertiary alicyclic amines) is 1. The van der Waals surface area contributed by atoms with Gasteiger partial charge in [0, 0.05) is 13.0 Å². The lowest BCUT2D eigenvalue weighted by Gasteiger charge is -2.25. The van der Waals surface area contributed by atoms with Gasteiger partial charge in [-0.15, -0.1) is 0 Å². The summed E-state index contributed by atoms with van der Waals surface area (Å²) in [5.74, 6) is 1.59. The maximum atomic E-state index is 12.6. The highest BCUT2D eigenvalue weighted by atomic mass is 16.5. The summed E-state index contributed by atoms with van der Waals surface area (Å²) in [7, 11) is 0. The monoisotopic (exact) mass is 313 g/mol. The van der Waals surface area contributed by atoms with E-state index in [0.717, 1.165) is 42.9 Å². The molecule has 1 aromatic heterocycles. The molecule has 1 amide bonds. The molecule has 4 rings (SSSR count). The molecule has 0 unspecified atom stereocenters. The zero-order chi connectivity index (χ0) is 15.6. The van der Waals surface area contributed by atoms with E-state index >= 15 is 0 Å². The molecule has 0 aliphatic carbocycles. The number of nitrogens with zero attached hydrogens (tertiary/aromatic N) is 1. The largest absolute Gasteiger partial charge is 0.490 e. The van der Waals surface area contributed by atoms with Crippen LogP contribution < -0.4 is 9.47 Å². The van der Waals surface area contributed by atoms with Gasteiger partial charge in [0.1, 0.15) is 6.26 Å². The van der Waals surface area contributed by atoms with Crippen LogP contribution in [0.15, 0.2) is 41.2 Å². The standard InChI is InChI=1S/C18H19NO4/c20-18(14-6-10-21-12-14)19-7-1-3-15(19)13-4-5-16-17(11-13)23-9-2-8-22-16/h4-6,10-12,15H,1-3,7-9H2/t15-/m0/s1. The molecule has 1 saturated heterocycles. The van der Waals surface area contributed by atoms with Crippen molar-refractivity contribution in [1.29, 1.82) is 0 Å². The lowest BCUT2D eigenvalue weighted by molar-refractivity contribution is 0.0734. The van der Waals surface area contributed by atoms with E-state index in [2.05, 4.69) is 0 Å². The van der Waals surface area contributed by atoms with E-state index in [4.69, 9.17) is 13.9 Å². The van der Waals surface area contributed by atoms with Gasteiger partial charge in [-0.1, -0.05) is 6.07 Å². The maximum Gasteiger partial charge on any atom is 0.257 e. The highest BCUT2D eigenvalue weighted by Gasteiger charge is 2.31. The van der Waals surface area contributed by atoms with Crippen molar-refractivity contribution in [2.45, 2.75) is 25.3 Å². The molecule has 5 nitrogen and oxygen atoms in total. The molecule has 1 atom stereocenters. The topological polar surface area (TPSA) is 51.9 Å². The third kappa shape index (κ3) is 2.67. The molecule has 0 radical (unpaired) electrons. The normalized spacial score (nSPS) is 20.3. The van der Waals surface area contributed by atoms with Gasteiger partial charge in [-0.2, -0.15) is 0 Å². The molecule has 3 heterocycles. The van der Waals surface area contributed by atoms with E-state index in [1.165, 1.54) is 12.5 Å². The summed E-state index contributed by atoms with van der Waals surface area (Å²) in [6.45, 7) is 2.11. The molecule has 0 spiro atoms. The van der Waals surface area contributed by atoms with E-state index in [0.29, 0.717) is 18.8 Å². The van der Waals surface area contributed by atoms with Gasteiger partial charge in [-0.25, -0.2) is 0 Å².